The molecule has 5 nitrogen and oxygen atoms in total. The summed E-state index contributed by atoms with van der Waals surface area (Å²) in [6, 6.07) is 0. The van der Waals surface area contributed by atoms with E-state index in [1.54, 1.807) is 0 Å². The standard InChI is InChI=1S/C7H12O5S.Li/c1-2-7(8)12-5-3-4-6-13(9,10)11;/h2H,1,3-6H2,(H,9,10,11);/q;+1/p-1. The first kappa shape index (κ1) is 16.2. The van der Waals surface area contributed by atoms with Gasteiger partial charge in [-0.2, -0.15) is 0 Å². The summed E-state index contributed by atoms with van der Waals surface area (Å²) in [6.45, 7) is 3.29. The minimum Gasteiger partial charge on any atom is -0.748 e. The molecule has 0 aliphatic carbocycles. The van der Waals surface area contributed by atoms with Crippen LogP contribution in [0.1, 0.15) is 12.8 Å². The molecule has 0 amide bonds. The van der Waals surface area contributed by atoms with Crippen molar-refractivity contribution < 1.29 is 41.4 Å². The molecule has 76 valence electrons. The first-order valence-electron chi connectivity index (χ1n) is 3.68. The zero-order valence-electron chi connectivity index (χ0n) is 8.06. The predicted octanol–water partition coefficient (Wildman–Crippen LogP) is -2.95. The molecule has 0 N–H and O–H groups in total. The molecular formula is C7H11LiO5S. The van der Waals surface area contributed by atoms with Crippen LogP contribution in [0.15, 0.2) is 12.7 Å². The van der Waals surface area contributed by atoms with Gasteiger partial charge in [-0.1, -0.05) is 6.58 Å². The minimum absolute atomic E-state index is 0. The van der Waals surface area contributed by atoms with E-state index in [-0.39, 0.29) is 31.9 Å². The van der Waals surface area contributed by atoms with E-state index < -0.39 is 21.8 Å². The Balaban J connectivity index is 0. The largest absolute Gasteiger partial charge is 1.00 e. The van der Waals surface area contributed by atoms with Gasteiger partial charge in [0.25, 0.3) is 0 Å². The van der Waals surface area contributed by atoms with Crippen LogP contribution >= 0.6 is 0 Å². The van der Waals surface area contributed by atoms with E-state index in [1.165, 1.54) is 0 Å². The summed E-state index contributed by atoms with van der Waals surface area (Å²) in [7, 11) is -4.14. The van der Waals surface area contributed by atoms with E-state index in [0.29, 0.717) is 6.42 Å². The molecule has 0 aromatic rings. The van der Waals surface area contributed by atoms with Crippen LogP contribution in [-0.4, -0.2) is 31.3 Å². The van der Waals surface area contributed by atoms with E-state index in [1.807, 2.05) is 0 Å². The van der Waals surface area contributed by atoms with Gasteiger partial charge in [0.05, 0.1) is 16.7 Å². The van der Waals surface area contributed by atoms with Crippen molar-refractivity contribution >= 4 is 16.1 Å². The second-order valence-corrected chi connectivity index (χ2v) is 3.86. The van der Waals surface area contributed by atoms with Crippen molar-refractivity contribution in [3.8, 4) is 0 Å². The second-order valence-electron chi connectivity index (χ2n) is 2.34. The monoisotopic (exact) mass is 214 g/mol. The quantitative estimate of drug-likeness (QED) is 0.155. The van der Waals surface area contributed by atoms with Crippen LogP contribution in [-0.2, 0) is 19.6 Å². The van der Waals surface area contributed by atoms with Crippen LogP contribution < -0.4 is 18.9 Å². The zero-order chi connectivity index (χ0) is 10.3. The summed E-state index contributed by atoms with van der Waals surface area (Å²) in [5.41, 5.74) is 0. The van der Waals surface area contributed by atoms with Gasteiger partial charge in [0.1, 0.15) is 0 Å². The van der Waals surface area contributed by atoms with Gasteiger partial charge >= 0.3 is 24.8 Å². The third-order valence-electron chi connectivity index (χ3n) is 1.20. The van der Waals surface area contributed by atoms with Gasteiger partial charge < -0.3 is 9.29 Å². The third-order valence-corrected chi connectivity index (χ3v) is 1.99. The van der Waals surface area contributed by atoms with Crippen LogP contribution in [0.2, 0.25) is 0 Å². The zero-order valence-corrected chi connectivity index (χ0v) is 8.88. The van der Waals surface area contributed by atoms with Crippen LogP contribution in [0.25, 0.3) is 0 Å². The van der Waals surface area contributed by atoms with Crippen LogP contribution in [0.4, 0.5) is 0 Å². The van der Waals surface area contributed by atoms with E-state index in [0.717, 1.165) is 6.08 Å². The van der Waals surface area contributed by atoms with Gasteiger partial charge in [0.2, 0.25) is 0 Å². The number of unbranched alkanes of at least 4 members (excludes halogenated alkanes) is 1. The smallest absolute Gasteiger partial charge is 0.748 e. The Morgan fingerprint density at radius 1 is 1.43 bits per heavy atom. The van der Waals surface area contributed by atoms with Crippen LogP contribution in [0, 0.1) is 0 Å². The number of carbonyl (C=O) groups is 1. The molecule has 7 heteroatoms. The molecule has 0 aliphatic rings. The minimum atomic E-state index is -4.14. The van der Waals surface area contributed by atoms with Gasteiger partial charge in [0.15, 0.2) is 0 Å². The van der Waals surface area contributed by atoms with Gasteiger partial charge in [-0.25, -0.2) is 13.2 Å². The number of hydrogen-bond acceptors (Lipinski definition) is 5. The molecule has 0 fully saturated rings. The number of ether oxygens (including phenoxy) is 1. The van der Waals surface area contributed by atoms with Crippen molar-refractivity contribution in [3.63, 3.8) is 0 Å². The van der Waals surface area contributed by atoms with Crippen molar-refractivity contribution in [3.05, 3.63) is 12.7 Å². The van der Waals surface area contributed by atoms with Crippen molar-refractivity contribution in [2.24, 2.45) is 0 Å². The molecular weight excluding hydrogens is 203 g/mol. The van der Waals surface area contributed by atoms with Crippen LogP contribution in [0.3, 0.4) is 0 Å². The van der Waals surface area contributed by atoms with Crippen LogP contribution in [0.5, 0.6) is 0 Å². The van der Waals surface area contributed by atoms with Crippen molar-refractivity contribution in [1.29, 1.82) is 0 Å². The molecule has 0 rings (SSSR count). The summed E-state index contributed by atoms with van der Waals surface area (Å²) in [6.07, 6.45) is 1.58. The Bertz CT molecular complexity index is 272. The molecule has 0 heterocycles. The summed E-state index contributed by atoms with van der Waals surface area (Å²) in [4.78, 5) is 10.5. The molecule has 0 saturated carbocycles. The fraction of sp³-hybridized carbons (Fsp3) is 0.571. The fourth-order valence-corrected chi connectivity index (χ4v) is 1.17. The SMILES string of the molecule is C=CC(=O)OCCCCS(=O)(=O)[O-].[Li+]. The van der Waals surface area contributed by atoms with Gasteiger partial charge in [-0.3, -0.25) is 0 Å². The Labute approximate surface area is 95.4 Å². The molecule has 0 unspecified atom stereocenters. The maximum absolute atomic E-state index is 10.5. The molecule has 0 saturated heterocycles. The molecule has 0 atom stereocenters. The summed E-state index contributed by atoms with van der Waals surface area (Å²) < 4.78 is 34.9. The predicted molar refractivity (Wildman–Crippen MR) is 45.0 cm³/mol. The average molecular weight is 214 g/mol. The second kappa shape index (κ2) is 8.06. The number of carbonyl (C=O) groups excluding carboxylic acids is 1. The molecule has 0 aromatic heterocycles. The van der Waals surface area contributed by atoms with Gasteiger partial charge in [-0.05, 0) is 12.8 Å². The van der Waals surface area contributed by atoms with Crippen molar-refractivity contribution in [2.75, 3.05) is 12.4 Å². The van der Waals surface area contributed by atoms with Gasteiger partial charge in [-0.15, -0.1) is 0 Å². The Morgan fingerprint density at radius 2 is 2.00 bits per heavy atom. The number of rotatable bonds is 6. The maximum Gasteiger partial charge on any atom is 1.00 e. The summed E-state index contributed by atoms with van der Waals surface area (Å²) >= 11 is 0. The fourth-order valence-electron chi connectivity index (χ4n) is 0.613. The molecule has 0 aromatic carbocycles. The number of esters is 1. The van der Waals surface area contributed by atoms with Crippen molar-refractivity contribution in [2.45, 2.75) is 12.8 Å². The van der Waals surface area contributed by atoms with Crippen molar-refractivity contribution in [1.82, 2.24) is 0 Å². The van der Waals surface area contributed by atoms with E-state index >= 15 is 0 Å². The average Bonchev–Trinajstić information content (AvgIpc) is 2.01. The normalized spacial score (nSPS) is 10.1. The Kier molecular flexibility index (Phi) is 9.30. The number of hydrogen-bond donors (Lipinski definition) is 0. The van der Waals surface area contributed by atoms with E-state index in [9.17, 15) is 17.8 Å². The Morgan fingerprint density at radius 3 is 2.43 bits per heavy atom. The summed E-state index contributed by atoms with van der Waals surface area (Å²) in [5, 5.41) is 0. The molecule has 0 spiro atoms. The van der Waals surface area contributed by atoms with E-state index in [2.05, 4.69) is 11.3 Å². The summed E-state index contributed by atoms with van der Waals surface area (Å²) in [5.74, 6) is -0.969. The first-order chi connectivity index (χ1) is 5.95. The molecule has 0 aliphatic heterocycles. The van der Waals surface area contributed by atoms with Gasteiger partial charge in [0, 0.05) is 11.8 Å². The first-order valence-corrected chi connectivity index (χ1v) is 5.26. The van der Waals surface area contributed by atoms with E-state index in [4.69, 9.17) is 0 Å². The molecule has 14 heavy (non-hydrogen) atoms. The maximum atomic E-state index is 10.5. The topological polar surface area (TPSA) is 83.5 Å². The third kappa shape index (κ3) is 11.7. The molecule has 0 radical (unpaired) electrons. The Hall–Kier alpha value is -0.283. The molecule has 0 bridgehead atoms.